The molecule has 5 rings (SSSR count). The molecule has 1 amide bonds. The fraction of sp³-hybridized carbons (Fsp3) is 0.733. The van der Waals surface area contributed by atoms with Crippen molar-refractivity contribution in [3.05, 3.63) is 12.7 Å². The molecule has 26 heavy (non-hydrogen) atoms. The maximum Gasteiger partial charge on any atom is 0.250 e. The van der Waals surface area contributed by atoms with Gasteiger partial charge in [0.05, 0.1) is 19.7 Å². The summed E-state index contributed by atoms with van der Waals surface area (Å²) >= 11 is 0. The van der Waals surface area contributed by atoms with Gasteiger partial charge in [-0.2, -0.15) is 5.10 Å². The summed E-state index contributed by atoms with van der Waals surface area (Å²) < 4.78 is 9.52. The molecule has 0 bridgehead atoms. The first-order valence-corrected chi connectivity index (χ1v) is 8.88. The minimum atomic E-state index is -0.541. The summed E-state index contributed by atoms with van der Waals surface area (Å²) in [6.45, 7) is 3.24. The third-order valence-electron chi connectivity index (χ3n) is 5.71. The lowest BCUT2D eigenvalue weighted by Gasteiger charge is -2.41. The van der Waals surface area contributed by atoms with Gasteiger partial charge < -0.3 is 14.5 Å². The number of carbonyl (C=O) groups excluding carboxylic acids is 1. The van der Waals surface area contributed by atoms with E-state index in [9.17, 15) is 4.79 Å². The van der Waals surface area contributed by atoms with Gasteiger partial charge in [0.15, 0.2) is 0 Å². The van der Waals surface area contributed by atoms with Crippen molar-refractivity contribution >= 4 is 11.9 Å². The van der Waals surface area contributed by atoms with E-state index in [2.05, 4.69) is 30.5 Å². The van der Waals surface area contributed by atoms with Gasteiger partial charge >= 0.3 is 0 Å². The highest BCUT2D eigenvalue weighted by atomic mass is 16.5. The van der Waals surface area contributed by atoms with Crippen LogP contribution in [0, 0.1) is 0 Å². The molecule has 0 aromatic carbocycles. The molecule has 1 saturated carbocycles. The molecule has 4 heterocycles. The van der Waals surface area contributed by atoms with Crippen molar-refractivity contribution < 1.29 is 9.53 Å². The summed E-state index contributed by atoms with van der Waals surface area (Å²) in [5.41, 5.74) is -0.904. The Morgan fingerprint density at radius 3 is 2.81 bits per heavy atom. The third kappa shape index (κ3) is 2.30. The molecule has 2 aromatic rings. The molecule has 3 aliphatic rings. The minimum Gasteiger partial charge on any atom is -0.369 e. The van der Waals surface area contributed by atoms with Gasteiger partial charge in [0.1, 0.15) is 23.8 Å². The van der Waals surface area contributed by atoms with Gasteiger partial charge in [-0.25, -0.2) is 14.3 Å². The largest absolute Gasteiger partial charge is 0.369 e. The molecule has 0 N–H and O–H groups in total. The Morgan fingerprint density at radius 2 is 2.12 bits per heavy atom. The van der Waals surface area contributed by atoms with E-state index in [4.69, 9.17) is 4.74 Å². The van der Waals surface area contributed by atoms with Gasteiger partial charge in [0.25, 0.3) is 5.91 Å². The van der Waals surface area contributed by atoms with Gasteiger partial charge in [0.2, 0.25) is 5.95 Å². The van der Waals surface area contributed by atoms with Crippen molar-refractivity contribution in [3.8, 4) is 0 Å². The Kier molecular flexibility index (Phi) is 3.30. The van der Waals surface area contributed by atoms with Gasteiger partial charge in [-0.1, -0.05) is 5.10 Å². The van der Waals surface area contributed by atoms with Crippen molar-refractivity contribution in [2.75, 3.05) is 37.7 Å². The second-order valence-electron chi connectivity index (χ2n) is 7.40. The molecule has 11 nitrogen and oxygen atoms in total. The van der Waals surface area contributed by atoms with Gasteiger partial charge in [-0.3, -0.25) is 4.79 Å². The smallest absolute Gasteiger partial charge is 0.250 e. The van der Waals surface area contributed by atoms with Crippen LogP contribution >= 0.6 is 0 Å². The van der Waals surface area contributed by atoms with Crippen LogP contribution in [0.3, 0.4) is 0 Å². The average Bonchev–Trinajstić information content (AvgIpc) is 3.02. The molecule has 2 aromatic heterocycles. The molecule has 11 heteroatoms. The number of morpholine rings is 1. The Bertz CT molecular complexity index is 815. The third-order valence-corrected chi connectivity index (χ3v) is 5.71. The Balaban J connectivity index is 1.33. The van der Waals surface area contributed by atoms with Crippen LogP contribution in [0.5, 0.6) is 0 Å². The molecule has 2 aliphatic heterocycles. The number of amides is 1. The monoisotopic (exact) mass is 359 g/mol. The zero-order valence-electron chi connectivity index (χ0n) is 14.7. The minimum absolute atomic E-state index is 0.129. The number of aryl methyl sites for hydroxylation is 1. The van der Waals surface area contributed by atoms with Gasteiger partial charge in [-0.05, 0) is 29.7 Å². The predicted molar refractivity (Wildman–Crippen MR) is 88.1 cm³/mol. The molecule has 0 radical (unpaired) electrons. The van der Waals surface area contributed by atoms with Crippen LogP contribution in [0.2, 0.25) is 0 Å². The number of aromatic nitrogens is 7. The summed E-state index contributed by atoms with van der Waals surface area (Å²) in [7, 11) is 1.83. The van der Waals surface area contributed by atoms with Crippen LogP contribution in [0.15, 0.2) is 12.7 Å². The van der Waals surface area contributed by atoms with E-state index in [1.807, 2.05) is 11.9 Å². The van der Waals surface area contributed by atoms with Gasteiger partial charge in [-0.15, -0.1) is 0 Å². The maximum absolute atomic E-state index is 13.2. The van der Waals surface area contributed by atoms with E-state index in [1.54, 1.807) is 15.7 Å². The van der Waals surface area contributed by atoms with Crippen LogP contribution < -0.4 is 4.90 Å². The van der Waals surface area contributed by atoms with E-state index in [1.165, 1.54) is 6.33 Å². The van der Waals surface area contributed by atoms with E-state index >= 15 is 0 Å². The van der Waals surface area contributed by atoms with E-state index in [0.29, 0.717) is 26.2 Å². The average molecular weight is 359 g/mol. The fourth-order valence-corrected chi connectivity index (χ4v) is 4.16. The number of hydrogen-bond acceptors (Lipinski definition) is 8. The molecule has 1 unspecified atom stereocenters. The number of rotatable bonds is 3. The number of nitrogens with zero attached hydrogens (tertiary/aromatic N) is 9. The second-order valence-corrected chi connectivity index (χ2v) is 7.40. The summed E-state index contributed by atoms with van der Waals surface area (Å²) in [6, 6.07) is 0. The fourth-order valence-electron chi connectivity index (χ4n) is 4.16. The quantitative estimate of drug-likeness (QED) is 0.672. The molecular weight excluding hydrogens is 338 g/mol. The van der Waals surface area contributed by atoms with Crippen LogP contribution in [0.4, 0.5) is 5.95 Å². The molecular formula is C15H21N9O2. The first-order chi connectivity index (χ1) is 12.6. The lowest BCUT2D eigenvalue weighted by molar-refractivity contribution is -0.152. The van der Waals surface area contributed by atoms with Crippen LogP contribution in [0.1, 0.15) is 19.3 Å². The number of hydrogen-bond donors (Lipinski definition) is 0. The Labute approximate surface area is 149 Å². The predicted octanol–water partition coefficient (Wildman–Crippen LogP) is -1.20. The summed E-state index contributed by atoms with van der Waals surface area (Å²) in [5, 5.41) is 15.9. The van der Waals surface area contributed by atoms with Crippen LogP contribution in [-0.2, 0) is 22.1 Å². The van der Waals surface area contributed by atoms with Crippen molar-refractivity contribution in [1.82, 2.24) is 39.9 Å². The number of carbonyl (C=O) groups is 1. The van der Waals surface area contributed by atoms with Crippen LogP contribution in [0.25, 0.3) is 0 Å². The normalized spacial score (nSPS) is 27.3. The van der Waals surface area contributed by atoms with Crippen molar-refractivity contribution in [2.24, 2.45) is 7.05 Å². The number of tetrazole rings is 1. The van der Waals surface area contributed by atoms with Crippen LogP contribution in [-0.4, -0.2) is 84.2 Å². The zero-order chi connectivity index (χ0) is 17.8. The van der Waals surface area contributed by atoms with Crippen molar-refractivity contribution in [1.29, 1.82) is 0 Å². The first kappa shape index (κ1) is 15.7. The summed E-state index contributed by atoms with van der Waals surface area (Å²) in [5.74, 6) is 0.861. The maximum atomic E-state index is 13.2. The van der Waals surface area contributed by atoms with Crippen molar-refractivity contribution in [3.63, 3.8) is 0 Å². The molecule has 2 saturated heterocycles. The van der Waals surface area contributed by atoms with Crippen molar-refractivity contribution in [2.45, 2.75) is 30.4 Å². The lowest BCUT2D eigenvalue weighted by Crippen LogP contribution is -2.57. The second kappa shape index (κ2) is 5.47. The summed E-state index contributed by atoms with van der Waals surface area (Å²) in [4.78, 5) is 21.3. The van der Waals surface area contributed by atoms with E-state index < -0.39 is 5.54 Å². The number of anilines is 1. The van der Waals surface area contributed by atoms with E-state index in [0.717, 1.165) is 31.8 Å². The highest BCUT2D eigenvalue weighted by Gasteiger charge is 2.56. The highest BCUT2D eigenvalue weighted by Crippen LogP contribution is 2.45. The molecule has 3 fully saturated rings. The zero-order valence-corrected chi connectivity index (χ0v) is 14.7. The standard InChI is InChI=1S/C15H21N9O2/c1-21-13(18-19-20-21)23-5-4-14(9-23)8-22(6-7-26-14)12(25)15(2-3-15)24-11-16-10-17-24/h10-11H,2-9H2,1H3. The van der Waals surface area contributed by atoms with E-state index in [-0.39, 0.29) is 11.5 Å². The Hall–Kier alpha value is -2.56. The Morgan fingerprint density at radius 1 is 1.23 bits per heavy atom. The summed E-state index contributed by atoms with van der Waals surface area (Å²) in [6.07, 6.45) is 5.60. The molecule has 1 spiro atoms. The van der Waals surface area contributed by atoms with Gasteiger partial charge in [0, 0.05) is 20.1 Å². The molecule has 1 atom stereocenters. The first-order valence-electron chi connectivity index (χ1n) is 8.88. The SMILES string of the molecule is Cn1nnnc1N1CCC2(CN(C(=O)C3(n4cncn4)CC3)CCO2)C1. The highest BCUT2D eigenvalue weighted by molar-refractivity contribution is 5.87. The number of ether oxygens (including phenoxy) is 1. The molecule has 138 valence electrons. The topological polar surface area (TPSA) is 107 Å². The lowest BCUT2D eigenvalue weighted by atomic mass is 10.00. The molecule has 1 aliphatic carbocycles.